The van der Waals surface area contributed by atoms with Gasteiger partial charge in [0.05, 0.1) is 21.4 Å². The van der Waals surface area contributed by atoms with E-state index in [4.69, 9.17) is 23.2 Å². The molecule has 3 aliphatic rings. The Bertz CT molecular complexity index is 1050. The molecule has 0 spiro atoms. The van der Waals surface area contributed by atoms with Crippen LogP contribution in [0.4, 0.5) is 11.4 Å². The number of benzene rings is 2. The van der Waals surface area contributed by atoms with E-state index in [2.05, 4.69) is 9.80 Å². The number of hydrogen-bond acceptors (Lipinski definition) is 4. The van der Waals surface area contributed by atoms with Gasteiger partial charge >= 0.3 is 0 Å². The second kappa shape index (κ2) is 9.05. The predicted octanol–water partition coefficient (Wildman–Crippen LogP) is 4.61. The van der Waals surface area contributed by atoms with Crippen molar-refractivity contribution in [1.82, 2.24) is 4.90 Å². The van der Waals surface area contributed by atoms with Gasteiger partial charge in [0, 0.05) is 57.7 Å². The molecular weight excluding hydrogens is 445 g/mol. The van der Waals surface area contributed by atoms with Crippen LogP contribution >= 0.6 is 23.2 Å². The minimum absolute atomic E-state index is 0.193. The summed E-state index contributed by atoms with van der Waals surface area (Å²) in [6, 6.07) is 9.80. The van der Waals surface area contributed by atoms with Gasteiger partial charge in [0.2, 0.25) is 5.91 Å². The highest BCUT2D eigenvalue weighted by Crippen LogP contribution is 2.37. The first kappa shape index (κ1) is 21.7. The molecule has 0 bridgehead atoms. The Morgan fingerprint density at radius 1 is 0.938 bits per heavy atom. The maximum Gasteiger partial charge on any atom is 0.227 e. The van der Waals surface area contributed by atoms with E-state index < -0.39 is 0 Å². The Kier molecular flexibility index (Phi) is 6.15. The van der Waals surface area contributed by atoms with Crippen LogP contribution in [0.1, 0.15) is 40.7 Å². The van der Waals surface area contributed by atoms with Crippen LogP contribution in [-0.2, 0) is 17.6 Å². The lowest BCUT2D eigenvalue weighted by molar-refractivity contribution is -0.119. The van der Waals surface area contributed by atoms with E-state index in [0.29, 0.717) is 22.9 Å². The number of halogens is 2. The molecule has 0 N–H and O–H groups in total. The molecule has 2 aromatic rings. The Balaban J connectivity index is 1.20. The lowest BCUT2D eigenvalue weighted by Gasteiger charge is -2.36. The molecule has 0 aromatic heterocycles. The summed E-state index contributed by atoms with van der Waals surface area (Å²) in [4.78, 5) is 31.8. The summed E-state index contributed by atoms with van der Waals surface area (Å²) < 4.78 is 0. The molecule has 2 aromatic carbocycles. The van der Waals surface area contributed by atoms with Gasteiger partial charge in [0.15, 0.2) is 5.78 Å². The van der Waals surface area contributed by atoms with Crippen LogP contribution in [0.15, 0.2) is 30.3 Å². The summed E-state index contributed by atoms with van der Waals surface area (Å²) in [5.41, 5.74) is 5.19. The van der Waals surface area contributed by atoms with Crippen LogP contribution in [0.25, 0.3) is 0 Å². The van der Waals surface area contributed by atoms with Crippen LogP contribution in [0.3, 0.4) is 0 Å². The van der Waals surface area contributed by atoms with Crippen molar-refractivity contribution in [3.05, 3.63) is 57.1 Å². The van der Waals surface area contributed by atoms with Crippen molar-refractivity contribution in [2.45, 2.75) is 32.1 Å². The van der Waals surface area contributed by atoms with Crippen molar-refractivity contribution in [2.24, 2.45) is 0 Å². The fourth-order valence-electron chi connectivity index (χ4n) is 5.17. The molecular formula is C25H27Cl2N3O2. The fraction of sp³-hybridized carbons (Fsp3) is 0.440. The molecule has 0 aliphatic carbocycles. The second-order valence-electron chi connectivity index (χ2n) is 8.87. The zero-order chi connectivity index (χ0) is 22.2. The van der Waals surface area contributed by atoms with E-state index in [9.17, 15) is 9.59 Å². The first-order chi connectivity index (χ1) is 15.5. The average molecular weight is 472 g/mol. The van der Waals surface area contributed by atoms with Gasteiger partial charge in [0.25, 0.3) is 0 Å². The Hall–Kier alpha value is -2.08. The van der Waals surface area contributed by atoms with Crippen LogP contribution in [0.5, 0.6) is 0 Å². The molecule has 5 rings (SSSR count). The third-order valence-corrected chi connectivity index (χ3v) is 7.70. The highest BCUT2D eigenvalue weighted by Gasteiger charge is 2.30. The number of carbonyl (C=O) groups excluding carboxylic acids is 2. The normalized spacial score (nSPS) is 18.6. The maximum atomic E-state index is 13.0. The molecule has 32 heavy (non-hydrogen) atoms. The molecule has 1 saturated heterocycles. The number of hydrogen-bond donors (Lipinski definition) is 0. The number of rotatable bonds is 5. The fourth-order valence-corrected chi connectivity index (χ4v) is 5.58. The summed E-state index contributed by atoms with van der Waals surface area (Å²) >= 11 is 12.5. The van der Waals surface area contributed by atoms with E-state index in [0.717, 1.165) is 86.6 Å². The highest BCUT2D eigenvalue weighted by atomic mass is 35.5. The minimum Gasteiger partial charge on any atom is -0.368 e. The van der Waals surface area contributed by atoms with Crippen molar-refractivity contribution in [3.8, 4) is 0 Å². The van der Waals surface area contributed by atoms with Crippen molar-refractivity contribution >= 4 is 46.3 Å². The number of piperazine rings is 1. The molecule has 7 heteroatoms. The first-order valence-corrected chi connectivity index (χ1v) is 12.2. The van der Waals surface area contributed by atoms with Crippen molar-refractivity contribution in [2.75, 3.05) is 49.1 Å². The quantitative estimate of drug-likeness (QED) is 0.596. The number of nitrogens with zero attached hydrogens (tertiary/aromatic N) is 3. The topological polar surface area (TPSA) is 43.9 Å². The zero-order valence-electron chi connectivity index (χ0n) is 18.1. The minimum atomic E-state index is 0.193. The maximum absolute atomic E-state index is 13.0. The van der Waals surface area contributed by atoms with Crippen molar-refractivity contribution < 1.29 is 9.59 Å². The summed E-state index contributed by atoms with van der Waals surface area (Å²) in [6.07, 6.45) is 3.72. The van der Waals surface area contributed by atoms with E-state index in [1.54, 1.807) is 6.07 Å². The lowest BCUT2D eigenvalue weighted by Crippen LogP contribution is -2.47. The first-order valence-electron chi connectivity index (χ1n) is 11.4. The molecule has 5 nitrogen and oxygen atoms in total. The Labute approximate surface area is 198 Å². The Morgan fingerprint density at radius 3 is 2.47 bits per heavy atom. The Morgan fingerprint density at radius 2 is 1.69 bits per heavy atom. The second-order valence-corrected chi connectivity index (χ2v) is 9.65. The van der Waals surface area contributed by atoms with Gasteiger partial charge < -0.3 is 9.80 Å². The smallest absolute Gasteiger partial charge is 0.227 e. The van der Waals surface area contributed by atoms with Crippen LogP contribution in [-0.4, -0.2) is 55.9 Å². The average Bonchev–Trinajstić information content (AvgIpc) is 2.82. The summed E-state index contributed by atoms with van der Waals surface area (Å²) in [7, 11) is 0. The van der Waals surface area contributed by atoms with E-state index >= 15 is 0 Å². The van der Waals surface area contributed by atoms with Gasteiger partial charge in [-0.2, -0.15) is 0 Å². The molecule has 168 valence electrons. The standard InChI is InChI=1S/C25H27Cl2N3O2/c26-20-4-1-5-21(24(20)27)29-13-11-28(12-14-29)10-8-22(31)19-15-17-3-2-9-30-23(32)7-6-18(16-19)25(17)30/h1,4-5,15-16H,2-3,6-14H2. The van der Waals surface area contributed by atoms with Gasteiger partial charge in [-0.05, 0) is 54.7 Å². The van der Waals surface area contributed by atoms with E-state index in [1.165, 1.54) is 0 Å². The predicted molar refractivity (Wildman–Crippen MR) is 129 cm³/mol. The molecule has 0 saturated carbocycles. The van der Waals surface area contributed by atoms with Crippen molar-refractivity contribution in [3.63, 3.8) is 0 Å². The largest absolute Gasteiger partial charge is 0.368 e. The SMILES string of the molecule is O=C(CCN1CCN(c2cccc(Cl)c2Cl)CC1)c1cc2c3c(c1)CCC(=O)N3CCC2. The van der Waals surface area contributed by atoms with Crippen LogP contribution in [0, 0.1) is 0 Å². The third-order valence-electron chi connectivity index (χ3n) is 6.90. The molecule has 1 amide bonds. The number of anilines is 2. The van der Waals surface area contributed by atoms with Gasteiger partial charge in [-0.1, -0.05) is 29.3 Å². The molecule has 0 atom stereocenters. The monoisotopic (exact) mass is 471 g/mol. The van der Waals surface area contributed by atoms with E-state index in [-0.39, 0.29) is 11.7 Å². The van der Waals surface area contributed by atoms with Gasteiger partial charge in [0.1, 0.15) is 0 Å². The number of carbonyl (C=O) groups is 2. The molecule has 1 fully saturated rings. The number of aryl methyl sites for hydroxylation is 2. The van der Waals surface area contributed by atoms with E-state index in [1.807, 2.05) is 29.2 Å². The molecule has 0 unspecified atom stereocenters. The lowest BCUT2D eigenvalue weighted by atomic mass is 9.88. The van der Waals surface area contributed by atoms with Gasteiger partial charge in [-0.15, -0.1) is 0 Å². The highest BCUT2D eigenvalue weighted by molar-refractivity contribution is 6.43. The van der Waals surface area contributed by atoms with Crippen molar-refractivity contribution in [1.29, 1.82) is 0 Å². The summed E-state index contributed by atoms with van der Waals surface area (Å²) in [5.74, 6) is 0.411. The number of Topliss-reactive ketones (excluding diaryl/α,β-unsaturated/α-hetero) is 1. The van der Waals surface area contributed by atoms with Gasteiger partial charge in [-0.25, -0.2) is 0 Å². The summed E-state index contributed by atoms with van der Waals surface area (Å²) in [6.45, 7) is 5.07. The third kappa shape index (κ3) is 4.14. The number of amides is 1. The van der Waals surface area contributed by atoms with Gasteiger partial charge in [-0.3, -0.25) is 14.5 Å². The summed E-state index contributed by atoms with van der Waals surface area (Å²) in [5, 5.41) is 1.18. The number of ketones is 1. The molecule has 3 heterocycles. The molecule has 0 radical (unpaired) electrons. The molecule has 3 aliphatic heterocycles. The zero-order valence-corrected chi connectivity index (χ0v) is 19.6. The van der Waals surface area contributed by atoms with Crippen LogP contribution in [0.2, 0.25) is 10.0 Å². The van der Waals surface area contributed by atoms with Crippen LogP contribution < -0.4 is 9.80 Å².